The quantitative estimate of drug-likeness (QED) is 0.459. The maximum Gasteiger partial charge on any atom is 0.257 e. The molecule has 2 amide bonds. The van der Waals surface area contributed by atoms with Crippen molar-refractivity contribution in [1.82, 2.24) is 10.6 Å². The number of hydrogen-bond acceptors (Lipinski definition) is 5. The van der Waals surface area contributed by atoms with Gasteiger partial charge in [0.1, 0.15) is 11.6 Å². The summed E-state index contributed by atoms with van der Waals surface area (Å²) in [4.78, 5) is 35.5. The summed E-state index contributed by atoms with van der Waals surface area (Å²) in [7, 11) is 0. The van der Waals surface area contributed by atoms with E-state index in [1.807, 2.05) is 30.3 Å². The van der Waals surface area contributed by atoms with Gasteiger partial charge in [-0.3, -0.25) is 14.4 Å². The zero-order chi connectivity index (χ0) is 22.6. The minimum Gasteiger partial charge on any atom is -0.484 e. The number of ketones is 1. The van der Waals surface area contributed by atoms with Gasteiger partial charge in [-0.1, -0.05) is 41.9 Å². The fourth-order valence-electron chi connectivity index (χ4n) is 2.62. The van der Waals surface area contributed by atoms with Crippen LogP contribution in [-0.2, 0) is 20.8 Å². The predicted molar refractivity (Wildman–Crippen MR) is 113 cm³/mol. The summed E-state index contributed by atoms with van der Waals surface area (Å²) in [5.74, 6) is -1.54. The van der Waals surface area contributed by atoms with E-state index in [-0.39, 0.29) is 55.5 Å². The largest absolute Gasteiger partial charge is 0.484 e. The fraction of sp³-hybridized carbons (Fsp3) is 0.318. The number of aliphatic hydroxyl groups excluding tert-OH is 1. The van der Waals surface area contributed by atoms with Gasteiger partial charge in [0.15, 0.2) is 12.4 Å². The van der Waals surface area contributed by atoms with Crippen LogP contribution in [-0.4, -0.2) is 48.5 Å². The van der Waals surface area contributed by atoms with Crippen molar-refractivity contribution in [2.75, 3.05) is 19.7 Å². The van der Waals surface area contributed by atoms with E-state index in [0.29, 0.717) is 0 Å². The Hall–Kier alpha value is -2.97. The molecule has 0 aliphatic heterocycles. The minimum absolute atomic E-state index is 0.0459. The van der Waals surface area contributed by atoms with E-state index >= 15 is 0 Å². The number of Topliss-reactive ketones (excluding diaryl/α,β-unsaturated/α-hetero) is 1. The number of hydrogen-bond donors (Lipinski definition) is 3. The van der Waals surface area contributed by atoms with Gasteiger partial charge in [0.05, 0.1) is 24.1 Å². The number of halogens is 2. The second-order valence-electron chi connectivity index (χ2n) is 6.84. The Kier molecular flexibility index (Phi) is 9.93. The lowest BCUT2D eigenvalue weighted by atomic mass is 10.1. The summed E-state index contributed by atoms with van der Waals surface area (Å²) in [6.45, 7) is -0.320. The van der Waals surface area contributed by atoms with Gasteiger partial charge >= 0.3 is 0 Å². The van der Waals surface area contributed by atoms with Gasteiger partial charge in [0, 0.05) is 19.0 Å². The Morgan fingerprint density at radius 1 is 1.06 bits per heavy atom. The third kappa shape index (κ3) is 9.59. The van der Waals surface area contributed by atoms with Crippen LogP contribution in [0.25, 0.3) is 0 Å². The standard InChI is InChI=1S/C22H24ClFN2O5/c23-19-7-6-18(12-20(19)24)31-14-22(30)25-9-8-16(27)11-21(29)26-13-17(28)10-15-4-2-1-3-5-15/h1-7,12,16,27H,8-11,13-14H2,(H,25,30)(H,26,29)/t16-/m0/s1. The molecule has 0 heterocycles. The highest BCUT2D eigenvalue weighted by Crippen LogP contribution is 2.20. The second kappa shape index (κ2) is 12.7. The van der Waals surface area contributed by atoms with E-state index in [4.69, 9.17) is 16.3 Å². The van der Waals surface area contributed by atoms with Crippen molar-refractivity contribution in [3.05, 3.63) is 64.9 Å². The van der Waals surface area contributed by atoms with Gasteiger partial charge in [-0.15, -0.1) is 0 Å². The zero-order valence-electron chi connectivity index (χ0n) is 16.8. The van der Waals surface area contributed by atoms with Crippen molar-refractivity contribution in [2.45, 2.75) is 25.4 Å². The van der Waals surface area contributed by atoms with Crippen LogP contribution in [0.15, 0.2) is 48.5 Å². The summed E-state index contributed by atoms with van der Waals surface area (Å²) < 4.78 is 18.5. The number of amides is 2. The van der Waals surface area contributed by atoms with Crippen LogP contribution >= 0.6 is 11.6 Å². The fourth-order valence-corrected chi connectivity index (χ4v) is 2.73. The van der Waals surface area contributed by atoms with Gasteiger partial charge in [-0.05, 0) is 24.1 Å². The molecule has 2 rings (SSSR count). The molecule has 0 aromatic heterocycles. The third-order valence-corrected chi connectivity index (χ3v) is 4.52. The monoisotopic (exact) mass is 450 g/mol. The van der Waals surface area contributed by atoms with E-state index in [0.717, 1.165) is 11.6 Å². The van der Waals surface area contributed by atoms with Crippen LogP contribution in [0.4, 0.5) is 4.39 Å². The van der Waals surface area contributed by atoms with E-state index in [1.54, 1.807) is 0 Å². The topological polar surface area (TPSA) is 105 Å². The zero-order valence-corrected chi connectivity index (χ0v) is 17.5. The average Bonchev–Trinajstić information content (AvgIpc) is 2.74. The molecule has 0 unspecified atom stereocenters. The molecule has 0 aliphatic rings. The molecule has 7 nitrogen and oxygen atoms in total. The van der Waals surface area contributed by atoms with E-state index < -0.39 is 23.7 Å². The molecule has 0 spiro atoms. The first-order valence-corrected chi connectivity index (χ1v) is 10.1. The average molecular weight is 451 g/mol. The number of aliphatic hydroxyl groups is 1. The second-order valence-corrected chi connectivity index (χ2v) is 7.25. The molecule has 0 bridgehead atoms. The highest BCUT2D eigenvalue weighted by molar-refractivity contribution is 6.30. The number of carbonyl (C=O) groups excluding carboxylic acids is 3. The number of carbonyl (C=O) groups is 3. The molecule has 9 heteroatoms. The van der Waals surface area contributed by atoms with Crippen LogP contribution in [0.2, 0.25) is 5.02 Å². The van der Waals surface area contributed by atoms with Crippen molar-refractivity contribution in [3.8, 4) is 5.75 Å². The number of benzene rings is 2. The van der Waals surface area contributed by atoms with Gasteiger partial charge in [-0.2, -0.15) is 0 Å². The molecule has 31 heavy (non-hydrogen) atoms. The molecular formula is C22H24ClFN2O5. The molecule has 0 aliphatic carbocycles. The van der Waals surface area contributed by atoms with Crippen LogP contribution in [0, 0.1) is 5.82 Å². The Morgan fingerprint density at radius 3 is 2.52 bits per heavy atom. The summed E-state index contributed by atoms with van der Waals surface area (Å²) in [5, 5.41) is 14.9. The van der Waals surface area contributed by atoms with Crippen LogP contribution in [0.5, 0.6) is 5.75 Å². The Bertz CT molecular complexity index is 895. The maximum atomic E-state index is 13.3. The highest BCUT2D eigenvalue weighted by atomic mass is 35.5. The Balaban J connectivity index is 1.57. The van der Waals surface area contributed by atoms with Gasteiger partial charge in [-0.25, -0.2) is 4.39 Å². The Labute approximate surface area is 184 Å². The van der Waals surface area contributed by atoms with Crippen molar-refractivity contribution >= 4 is 29.2 Å². The predicted octanol–water partition coefficient (Wildman–Crippen LogP) is 2.04. The van der Waals surface area contributed by atoms with Crippen LogP contribution < -0.4 is 15.4 Å². The molecule has 1 atom stereocenters. The highest BCUT2D eigenvalue weighted by Gasteiger charge is 2.13. The van der Waals surface area contributed by atoms with Crippen LogP contribution in [0.1, 0.15) is 18.4 Å². The Morgan fingerprint density at radius 2 is 1.81 bits per heavy atom. The van der Waals surface area contributed by atoms with Gasteiger partial charge in [0.2, 0.25) is 5.91 Å². The maximum absolute atomic E-state index is 13.3. The van der Waals surface area contributed by atoms with Crippen molar-refractivity contribution in [2.24, 2.45) is 0 Å². The first-order valence-electron chi connectivity index (χ1n) is 9.68. The number of nitrogens with one attached hydrogen (secondary N) is 2. The van der Waals surface area contributed by atoms with E-state index in [2.05, 4.69) is 10.6 Å². The van der Waals surface area contributed by atoms with Crippen LogP contribution in [0.3, 0.4) is 0 Å². The SMILES string of the molecule is O=C(CNC(=O)C[C@@H](O)CCNC(=O)COc1ccc(Cl)c(F)c1)Cc1ccccc1. The van der Waals surface area contributed by atoms with Gasteiger partial charge in [0.25, 0.3) is 5.91 Å². The van der Waals surface area contributed by atoms with Crippen molar-refractivity contribution in [3.63, 3.8) is 0 Å². The summed E-state index contributed by atoms with van der Waals surface area (Å²) in [6.07, 6.45) is -0.793. The molecule has 166 valence electrons. The normalized spacial score (nSPS) is 11.5. The summed E-state index contributed by atoms with van der Waals surface area (Å²) in [6, 6.07) is 13.0. The molecular weight excluding hydrogens is 427 g/mol. The minimum atomic E-state index is -0.976. The van der Waals surface area contributed by atoms with E-state index in [1.165, 1.54) is 12.1 Å². The smallest absolute Gasteiger partial charge is 0.257 e. The molecule has 0 saturated heterocycles. The summed E-state index contributed by atoms with van der Waals surface area (Å²) >= 11 is 5.57. The van der Waals surface area contributed by atoms with Gasteiger partial charge < -0.3 is 20.5 Å². The molecule has 0 radical (unpaired) electrons. The first kappa shape index (κ1) is 24.3. The lowest BCUT2D eigenvalue weighted by Crippen LogP contribution is -2.35. The van der Waals surface area contributed by atoms with Crippen molar-refractivity contribution < 1.29 is 28.6 Å². The number of ether oxygens (including phenoxy) is 1. The lowest BCUT2D eigenvalue weighted by molar-refractivity contribution is -0.126. The molecule has 0 fully saturated rings. The lowest BCUT2D eigenvalue weighted by Gasteiger charge is -2.12. The first-order chi connectivity index (χ1) is 14.8. The molecule has 2 aromatic rings. The van der Waals surface area contributed by atoms with E-state index in [9.17, 15) is 23.9 Å². The number of rotatable bonds is 12. The van der Waals surface area contributed by atoms with Crippen molar-refractivity contribution in [1.29, 1.82) is 0 Å². The molecule has 0 saturated carbocycles. The summed E-state index contributed by atoms with van der Waals surface area (Å²) in [5.41, 5.74) is 0.864. The third-order valence-electron chi connectivity index (χ3n) is 4.21. The molecule has 2 aromatic carbocycles. The molecule has 3 N–H and O–H groups in total.